The van der Waals surface area contributed by atoms with Gasteiger partial charge >= 0.3 is 5.97 Å². The standard InChI is InChI=1S/C10H11NO2/c1-7(8(2)10(12)13)9-5-3-4-6-11-9/h3-6H,1-2H3,(H,12,13). The number of pyridine rings is 1. The highest BCUT2D eigenvalue weighted by atomic mass is 16.4. The van der Waals surface area contributed by atoms with Gasteiger partial charge in [0.15, 0.2) is 0 Å². The van der Waals surface area contributed by atoms with Crippen LogP contribution in [0, 0.1) is 0 Å². The van der Waals surface area contributed by atoms with Crippen molar-refractivity contribution in [3.05, 3.63) is 35.7 Å². The third-order valence-electron chi connectivity index (χ3n) is 1.93. The monoisotopic (exact) mass is 177 g/mol. The summed E-state index contributed by atoms with van der Waals surface area (Å²) in [5.41, 5.74) is 1.74. The summed E-state index contributed by atoms with van der Waals surface area (Å²) in [6.45, 7) is 3.33. The summed E-state index contributed by atoms with van der Waals surface area (Å²) >= 11 is 0. The number of hydrogen-bond donors (Lipinski definition) is 1. The minimum absolute atomic E-state index is 0.332. The molecular weight excluding hydrogens is 166 g/mol. The van der Waals surface area contributed by atoms with Crippen molar-refractivity contribution in [1.29, 1.82) is 0 Å². The molecule has 3 heteroatoms. The Labute approximate surface area is 76.7 Å². The van der Waals surface area contributed by atoms with E-state index in [-0.39, 0.29) is 0 Å². The van der Waals surface area contributed by atoms with E-state index >= 15 is 0 Å². The maximum atomic E-state index is 10.6. The maximum absolute atomic E-state index is 10.6. The van der Waals surface area contributed by atoms with Gasteiger partial charge in [-0.1, -0.05) is 6.07 Å². The van der Waals surface area contributed by atoms with Crippen molar-refractivity contribution in [3.63, 3.8) is 0 Å². The van der Waals surface area contributed by atoms with E-state index in [1.165, 1.54) is 0 Å². The van der Waals surface area contributed by atoms with E-state index in [0.29, 0.717) is 16.8 Å². The number of carboxylic acid groups (broad SMARTS) is 1. The second-order valence-electron chi connectivity index (χ2n) is 2.77. The van der Waals surface area contributed by atoms with Crippen LogP contribution in [0.15, 0.2) is 30.0 Å². The highest BCUT2D eigenvalue weighted by Gasteiger charge is 2.06. The van der Waals surface area contributed by atoms with Gasteiger partial charge in [-0.05, 0) is 31.6 Å². The largest absolute Gasteiger partial charge is 0.478 e. The highest BCUT2D eigenvalue weighted by molar-refractivity contribution is 5.94. The number of nitrogens with zero attached hydrogens (tertiary/aromatic N) is 1. The molecule has 0 aromatic carbocycles. The van der Waals surface area contributed by atoms with Crippen molar-refractivity contribution in [2.45, 2.75) is 13.8 Å². The first-order valence-corrected chi connectivity index (χ1v) is 3.95. The fourth-order valence-electron chi connectivity index (χ4n) is 0.937. The predicted octanol–water partition coefficient (Wildman–Crippen LogP) is 1.96. The van der Waals surface area contributed by atoms with Crippen molar-refractivity contribution in [2.24, 2.45) is 0 Å². The second kappa shape index (κ2) is 3.85. The van der Waals surface area contributed by atoms with Crippen LogP contribution in [-0.2, 0) is 4.79 Å². The molecule has 1 N–H and O–H groups in total. The Morgan fingerprint density at radius 1 is 1.38 bits per heavy atom. The minimum Gasteiger partial charge on any atom is -0.478 e. The average Bonchev–Trinajstić information content (AvgIpc) is 2.17. The Bertz CT molecular complexity index is 341. The summed E-state index contributed by atoms with van der Waals surface area (Å²) in [7, 11) is 0. The van der Waals surface area contributed by atoms with E-state index in [2.05, 4.69) is 4.98 Å². The summed E-state index contributed by atoms with van der Waals surface area (Å²) in [4.78, 5) is 14.7. The molecule has 0 saturated carbocycles. The molecular formula is C10H11NO2. The summed E-state index contributed by atoms with van der Waals surface area (Å²) in [6, 6.07) is 5.43. The zero-order valence-electron chi connectivity index (χ0n) is 7.61. The molecule has 0 atom stereocenters. The first-order valence-electron chi connectivity index (χ1n) is 3.95. The van der Waals surface area contributed by atoms with Gasteiger partial charge in [0.1, 0.15) is 0 Å². The highest BCUT2D eigenvalue weighted by Crippen LogP contribution is 2.14. The zero-order chi connectivity index (χ0) is 9.84. The SMILES string of the molecule is CC(C(=O)O)=C(C)c1ccccn1. The van der Waals surface area contributed by atoms with Crippen molar-refractivity contribution in [2.75, 3.05) is 0 Å². The Morgan fingerprint density at radius 3 is 2.54 bits per heavy atom. The van der Waals surface area contributed by atoms with E-state index in [1.807, 2.05) is 6.07 Å². The molecule has 1 aromatic rings. The maximum Gasteiger partial charge on any atom is 0.331 e. The van der Waals surface area contributed by atoms with Crippen LogP contribution in [0.4, 0.5) is 0 Å². The molecule has 0 unspecified atom stereocenters. The number of aromatic nitrogens is 1. The lowest BCUT2D eigenvalue weighted by Crippen LogP contribution is -1.99. The molecule has 0 saturated heterocycles. The predicted molar refractivity (Wildman–Crippen MR) is 50.1 cm³/mol. The lowest BCUT2D eigenvalue weighted by molar-refractivity contribution is -0.132. The van der Waals surface area contributed by atoms with Crippen molar-refractivity contribution >= 4 is 11.5 Å². The molecule has 13 heavy (non-hydrogen) atoms. The van der Waals surface area contributed by atoms with Crippen LogP contribution in [0.1, 0.15) is 19.5 Å². The number of carboxylic acids is 1. The van der Waals surface area contributed by atoms with Gasteiger partial charge in [-0.25, -0.2) is 4.79 Å². The molecule has 0 spiro atoms. The van der Waals surface area contributed by atoms with Crippen LogP contribution in [0.5, 0.6) is 0 Å². The van der Waals surface area contributed by atoms with Crippen LogP contribution >= 0.6 is 0 Å². The van der Waals surface area contributed by atoms with Crippen LogP contribution in [0.25, 0.3) is 5.57 Å². The molecule has 1 heterocycles. The van der Waals surface area contributed by atoms with E-state index < -0.39 is 5.97 Å². The molecule has 68 valence electrons. The lowest BCUT2D eigenvalue weighted by atomic mass is 10.1. The van der Waals surface area contributed by atoms with Gasteiger partial charge in [-0.15, -0.1) is 0 Å². The topological polar surface area (TPSA) is 50.2 Å². The second-order valence-corrected chi connectivity index (χ2v) is 2.77. The minimum atomic E-state index is -0.900. The Morgan fingerprint density at radius 2 is 2.08 bits per heavy atom. The van der Waals surface area contributed by atoms with Crippen molar-refractivity contribution in [3.8, 4) is 0 Å². The summed E-state index contributed by atoms with van der Waals surface area (Å²) in [6.07, 6.45) is 1.65. The quantitative estimate of drug-likeness (QED) is 0.702. The lowest BCUT2D eigenvalue weighted by Gasteiger charge is -2.02. The molecule has 3 nitrogen and oxygen atoms in total. The van der Waals surface area contributed by atoms with Gasteiger partial charge in [-0.2, -0.15) is 0 Å². The van der Waals surface area contributed by atoms with Gasteiger partial charge in [0.05, 0.1) is 5.69 Å². The number of carbonyl (C=O) groups is 1. The normalized spacial score (nSPS) is 12.2. The number of allylic oxidation sites excluding steroid dienone is 1. The van der Waals surface area contributed by atoms with E-state index in [0.717, 1.165) is 0 Å². The summed E-state index contributed by atoms with van der Waals surface area (Å²) < 4.78 is 0. The fourth-order valence-corrected chi connectivity index (χ4v) is 0.937. The van der Waals surface area contributed by atoms with Crippen LogP contribution in [-0.4, -0.2) is 16.1 Å². The van der Waals surface area contributed by atoms with Gasteiger partial charge in [-0.3, -0.25) is 4.98 Å². The van der Waals surface area contributed by atoms with E-state index in [1.54, 1.807) is 32.2 Å². The number of rotatable bonds is 2. The third kappa shape index (κ3) is 2.15. The molecule has 1 aromatic heterocycles. The van der Waals surface area contributed by atoms with Crippen LogP contribution in [0.3, 0.4) is 0 Å². The molecule has 0 amide bonds. The zero-order valence-corrected chi connectivity index (χ0v) is 7.61. The van der Waals surface area contributed by atoms with Crippen LogP contribution in [0.2, 0.25) is 0 Å². The fraction of sp³-hybridized carbons (Fsp3) is 0.200. The summed E-state index contributed by atoms with van der Waals surface area (Å²) in [5.74, 6) is -0.900. The van der Waals surface area contributed by atoms with Crippen molar-refractivity contribution in [1.82, 2.24) is 4.98 Å². The molecule has 0 radical (unpaired) electrons. The van der Waals surface area contributed by atoms with Gasteiger partial charge in [0, 0.05) is 11.8 Å². The summed E-state index contributed by atoms with van der Waals surface area (Å²) in [5, 5.41) is 8.73. The molecule has 0 aliphatic carbocycles. The first kappa shape index (κ1) is 9.45. The number of hydrogen-bond acceptors (Lipinski definition) is 2. The Balaban J connectivity index is 3.11. The van der Waals surface area contributed by atoms with Gasteiger partial charge < -0.3 is 5.11 Å². The van der Waals surface area contributed by atoms with Gasteiger partial charge in [0.2, 0.25) is 0 Å². The van der Waals surface area contributed by atoms with Gasteiger partial charge in [0.25, 0.3) is 0 Å². The van der Waals surface area contributed by atoms with Crippen LogP contribution < -0.4 is 0 Å². The molecule has 0 aliphatic heterocycles. The molecule has 0 fully saturated rings. The molecule has 0 bridgehead atoms. The van der Waals surface area contributed by atoms with E-state index in [9.17, 15) is 4.79 Å². The Kier molecular flexibility index (Phi) is 2.80. The molecule has 0 aliphatic rings. The van der Waals surface area contributed by atoms with E-state index in [4.69, 9.17) is 5.11 Å². The average molecular weight is 177 g/mol. The smallest absolute Gasteiger partial charge is 0.331 e. The van der Waals surface area contributed by atoms with Crippen molar-refractivity contribution < 1.29 is 9.90 Å². The number of aliphatic carboxylic acids is 1. The first-order chi connectivity index (χ1) is 6.13. The third-order valence-corrected chi connectivity index (χ3v) is 1.93. The molecule has 1 rings (SSSR count). The Hall–Kier alpha value is -1.64.